The Hall–Kier alpha value is -1.91. The van der Waals surface area contributed by atoms with Gasteiger partial charge in [0.1, 0.15) is 11.4 Å². The van der Waals surface area contributed by atoms with Gasteiger partial charge in [0.2, 0.25) is 0 Å². The summed E-state index contributed by atoms with van der Waals surface area (Å²) in [6.07, 6.45) is 0. The number of carbonyl (C=O) groups is 1. The molecule has 0 radical (unpaired) electrons. The number of β-amino-alcohol motifs (C(OH)–C–C–N with tert-alkyl or cyclic N) is 1. The Morgan fingerprint density at radius 1 is 1.19 bits per heavy atom. The lowest BCUT2D eigenvalue weighted by atomic mass is 9.84. The van der Waals surface area contributed by atoms with Gasteiger partial charge in [-0.15, -0.1) is 0 Å². The second kappa shape index (κ2) is 7.01. The molecule has 1 heterocycles. The standard InChI is InChI=1S/C18H14F3IN2O2/c1-9(18(26)7-23-8-18)17(25)11-3-4-12(19)15(21)16(11)24-14-5-2-10(22)6-13(14)20/h2-6,23-24,26H,1,7-8H2. The largest absolute Gasteiger partial charge is 0.382 e. The van der Waals surface area contributed by atoms with Gasteiger partial charge in [-0.25, -0.2) is 13.2 Å². The number of hydrogen-bond acceptors (Lipinski definition) is 4. The summed E-state index contributed by atoms with van der Waals surface area (Å²) in [4.78, 5) is 12.7. The molecule has 0 bridgehead atoms. The predicted octanol–water partition coefficient (Wildman–Crippen LogP) is 3.53. The molecule has 0 saturated carbocycles. The van der Waals surface area contributed by atoms with E-state index in [0.717, 1.165) is 12.1 Å². The highest BCUT2D eigenvalue weighted by molar-refractivity contribution is 14.1. The molecule has 4 nitrogen and oxygen atoms in total. The van der Waals surface area contributed by atoms with Crippen LogP contribution in [0.1, 0.15) is 10.4 Å². The first-order valence-corrected chi connectivity index (χ1v) is 8.68. The number of aliphatic hydroxyl groups is 1. The first-order chi connectivity index (χ1) is 12.2. The van der Waals surface area contributed by atoms with Crippen molar-refractivity contribution in [3.63, 3.8) is 0 Å². The van der Waals surface area contributed by atoms with E-state index in [1.54, 1.807) is 6.07 Å². The highest BCUT2D eigenvalue weighted by atomic mass is 127. The zero-order valence-electron chi connectivity index (χ0n) is 13.4. The van der Waals surface area contributed by atoms with E-state index in [9.17, 15) is 23.1 Å². The molecule has 0 unspecified atom stereocenters. The van der Waals surface area contributed by atoms with Crippen molar-refractivity contribution in [2.45, 2.75) is 5.60 Å². The molecule has 0 spiro atoms. The van der Waals surface area contributed by atoms with Crippen molar-refractivity contribution in [2.75, 3.05) is 18.4 Å². The molecule has 0 atom stereocenters. The molecule has 1 aliphatic rings. The lowest BCUT2D eigenvalue weighted by Crippen LogP contribution is -2.61. The molecule has 26 heavy (non-hydrogen) atoms. The van der Waals surface area contributed by atoms with Crippen LogP contribution in [0.3, 0.4) is 0 Å². The number of Topliss-reactive ketones (excluding diaryl/α,β-unsaturated/α-hetero) is 1. The minimum atomic E-state index is -1.44. The van der Waals surface area contributed by atoms with Gasteiger partial charge in [0, 0.05) is 27.8 Å². The van der Waals surface area contributed by atoms with Crippen molar-refractivity contribution in [2.24, 2.45) is 0 Å². The van der Waals surface area contributed by atoms with Gasteiger partial charge in [0.05, 0.1) is 11.4 Å². The van der Waals surface area contributed by atoms with E-state index in [2.05, 4.69) is 17.2 Å². The molecular formula is C18H14F3IN2O2. The van der Waals surface area contributed by atoms with Gasteiger partial charge in [0.25, 0.3) is 0 Å². The number of anilines is 2. The van der Waals surface area contributed by atoms with Gasteiger partial charge in [-0.2, -0.15) is 0 Å². The lowest BCUT2D eigenvalue weighted by Gasteiger charge is -2.38. The van der Waals surface area contributed by atoms with Crippen molar-refractivity contribution in [3.8, 4) is 0 Å². The van der Waals surface area contributed by atoms with Crippen LogP contribution in [0, 0.1) is 21.0 Å². The van der Waals surface area contributed by atoms with E-state index in [0.29, 0.717) is 3.57 Å². The van der Waals surface area contributed by atoms with E-state index in [1.165, 1.54) is 12.1 Å². The molecule has 0 amide bonds. The number of ketones is 1. The van der Waals surface area contributed by atoms with Crippen LogP contribution >= 0.6 is 22.6 Å². The van der Waals surface area contributed by atoms with Crippen LogP contribution in [0.15, 0.2) is 42.5 Å². The third kappa shape index (κ3) is 3.36. The van der Waals surface area contributed by atoms with Gasteiger partial charge >= 0.3 is 0 Å². The minimum absolute atomic E-state index is 0.112. The maximum atomic E-state index is 14.4. The number of hydrogen-bond donors (Lipinski definition) is 3. The molecule has 8 heteroatoms. The number of carbonyl (C=O) groups excluding carboxylic acids is 1. The molecule has 3 N–H and O–H groups in total. The Kier molecular flexibility index (Phi) is 5.09. The highest BCUT2D eigenvalue weighted by Crippen LogP contribution is 2.32. The van der Waals surface area contributed by atoms with Crippen molar-refractivity contribution in [1.82, 2.24) is 5.32 Å². The van der Waals surface area contributed by atoms with Crippen LogP contribution in [0.25, 0.3) is 0 Å². The summed E-state index contributed by atoms with van der Waals surface area (Å²) >= 11 is 1.91. The normalized spacial score (nSPS) is 15.3. The van der Waals surface area contributed by atoms with Crippen LogP contribution < -0.4 is 10.6 Å². The van der Waals surface area contributed by atoms with Crippen molar-refractivity contribution in [1.29, 1.82) is 0 Å². The monoisotopic (exact) mass is 474 g/mol. The van der Waals surface area contributed by atoms with E-state index in [-0.39, 0.29) is 29.9 Å². The summed E-state index contributed by atoms with van der Waals surface area (Å²) in [6.45, 7) is 3.86. The topological polar surface area (TPSA) is 61.4 Å². The summed E-state index contributed by atoms with van der Waals surface area (Å²) < 4.78 is 42.8. The fourth-order valence-electron chi connectivity index (χ4n) is 2.54. The van der Waals surface area contributed by atoms with Crippen LogP contribution in [-0.4, -0.2) is 29.6 Å². The quantitative estimate of drug-likeness (QED) is 0.353. The Morgan fingerprint density at radius 3 is 2.46 bits per heavy atom. The van der Waals surface area contributed by atoms with E-state index >= 15 is 0 Å². The summed E-state index contributed by atoms with van der Waals surface area (Å²) in [5, 5.41) is 15.5. The van der Waals surface area contributed by atoms with E-state index in [4.69, 9.17) is 0 Å². The fourth-order valence-corrected chi connectivity index (χ4v) is 2.99. The molecule has 0 aliphatic carbocycles. The maximum absolute atomic E-state index is 14.4. The first kappa shape index (κ1) is 18.9. The van der Waals surface area contributed by atoms with Crippen molar-refractivity contribution in [3.05, 3.63) is 69.1 Å². The Labute approximate surface area is 161 Å². The van der Waals surface area contributed by atoms with Gasteiger partial charge in [-0.1, -0.05) is 6.58 Å². The van der Waals surface area contributed by atoms with Crippen LogP contribution in [0.2, 0.25) is 0 Å². The molecule has 1 aliphatic heterocycles. The fraction of sp³-hybridized carbons (Fsp3) is 0.167. The van der Waals surface area contributed by atoms with Gasteiger partial charge in [0.15, 0.2) is 17.4 Å². The first-order valence-electron chi connectivity index (χ1n) is 7.60. The second-order valence-corrected chi connectivity index (χ2v) is 7.22. The Morgan fingerprint density at radius 2 is 1.88 bits per heavy atom. The molecule has 0 aromatic heterocycles. The van der Waals surface area contributed by atoms with Crippen LogP contribution in [0.5, 0.6) is 0 Å². The third-order valence-electron chi connectivity index (χ3n) is 4.20. The smallest absolute Gasteiger partial charge is 0.193 e. The van der Waals surface area contributed by atoms with E-state index < -0.39 is 34.5 Å². The van der Waals surface area contributed by atoms with Gasteiger partial charge in [-0.3, -0.25) is 4.79 Å². The highest BCUT2D eigenvalue weighted by Gasteiger charge is 2.41. The summed E-state index contributed by atoms with van der Waals surface area (Å²) in [7, 11) is 0. The summed E-state index contributed by atoms with van der Waals surface area (Å²) in [5.74, 6) is -3.94. The maximum Gasteiger partial charge on any atom is 0.193 e. The zero-order chi connectivity index (χ0) is 19.1. The lowest BCUT2D eigenvalue weighted by molar-refractivity contribution is 0.0246. The van der Waals surface area contributed by atoms with Crippen molar-refractivity contribution < 1.29 is 23.1 Å². The molecule has 3 rings (SSSR count). The molecular weight excluding hydrogens is 460 g/mol. The average molecular weight is 474 g/mol. The van der Waals surface area contributed by atoms with Gasteiger partial charge < -0.3 is 15.7 Å². The zero-order valence-corrected chi connectivity index (χ0v) is 15.5. The molecule has 2 aromatic rings. The van der Waals surface area contributed by atoms with E-state index in [1.807, 2.05) is 22.6 Å². The number of halogens is 4. The summed E-state index contributed by atoms with van der Waals surface area (Å²) in [6, 6.07) is 6.02. The van der Waals surface area contributed by atoms with Crippen LogP contribution in [-0.2, 0) is 0 Å². The molecule has 1 fully saturated rings. The average Bonchev–Trinajstić information content (AvgIpc) is 2.57. The SMILES string of the molecule is C=C(C(=O)c1ccc(F)c(F)c1Nc1ccc(I)cc1F)C1(O)CNC1. The Bertz CT molecular complexity index is 914. The number of nitrogens with one attached hydrogen (secondary N) is 2. The third-order valence-corrected chi connectivity index (χ3v) is 4.87. The van der Waals surface area contributed by atoms with Crippen LogP contribution in [0.4, 0.5) is 24.5 Å². The minimum Gasteiger partial charge on any atom is -0.382 e. The predicted molar refractivity (Wildman–Crippen MR) is 100 cm³/mol. The molecule has 136 valence electrons. The molecule has 1 saturated heterocycles. The summed E-state index contributed by atoms with van der Waals surface area (Å²) in [5.41, 5.74) is -2.45. The molecule has 2 aromatic carbocycles. The second-order valence-electron chi connectivity index (χ2n) is 5.98. The van der Waals surface area contributed by atoms with Crippen molar-refractivity contribution >= 4 is 39.7 Å². The number of benzene rings is 2. The van der Waals surface area contributed by atoms with Gasteiger partial charge in [-0.05, 0) is 52.9 Å². The Balaban J connectivity index is 2.02. The number of rotatable bonds is 5.